The first-order chi connectivity index (χ1) is 9.43. The summed E-state index contributed by atoms with van der Waals surface area (Å²) in [7, 11) is 3.21. The average molecular weight is 280 g/mol. The molecule has 0 radical (unpaired) electrons. The number of hydrogen-bond donors (Lipinski definition) is 2. The zero-order valence-electron chi connectivity index (χ0n) is 11.9. The lowest BCUT2D eigenvalue weighted by Gasteiger charge is -2.20. The summed E-state index contributed by atoms with van der Waals surface area (Å²) in [5.41, 5.74) is 0.702. The normalized spacial score (nSPS) is 11.6. The van der Waals surface area contributed by atoms with E-state index in [0.717, 1.165) is 0 Å². The van der Waals surface area contributed by atoms with Crippen LogP contribution in [-0.2, 0) is 4.79 Å². The first-order valence-electron chi connectivity index (χ1n) is 6.31. The molecule has 20 heavy (non-hydrogen) atoms. The van der Waals surface area contributed by atoms with Crippen LogP contribution in [0.1, 0.15) is 13.3 Å². The lowest BCUT2D eigenvalue weighted by Crippen LogP contribution is -2.39. The number of aliphatic carboxylic acids is 1. The van der Waals surface area contributed by atoms with E-state index in [4.69, 9.17) is 9.84 Å². The maximum atomic E-state index is 12.0. The molecule has 110 valence electrons. The second-order valence-electron chi connectivity index (χ2n) is 4.65. The van der Waals surface area contributed by atoms with Crippen LogP contribution in [0.4, 0.5) is 10.5 Å². The Hall–Kier alpha value is -2.24. The molecule has 1 aromatic rings. The molecule has 1 unspecified atom stereocenters. The van der Waals surface area contributed by atoms with Gasteiger partial charge in [-0.2, -0.15) is 0 Å². The van der Waals surface area contributed by atoms with Gasteiger partial charge in [0.1, 0.15) is 5.75 Å². The molecular formula is C14H20N2O4. The zero-order valence-corrected chi connectivity index (χ0v) is 11.9. The Balaban J connectivity index is 2.56. The van der Waals surface area contributed by atoms with Crippen LogP contribution in [0.3, 0.4) is 0 Å². The van der Waals surface area contributed by atoms with Crippen molar-refractivity contribution in [3.63, 3.8) is 0 Å². The number of carboxylic acids is 1. The molecule has 0 fully saturated rings. The van der Waals surface area contributed by atoms with Crippen LogP contribution in [0.25, 0.3) is 0 Å². The second-order valence-corrected chi connectivity index (χ2v) is 4.65. The van der Waals surface area contributed by atoms with Gasteiger partial charge in [-0.1, -0.05) is 13.0 Å². The van der Waals surface area contributed by atoms with Crippen molar-refractivity contribution in [2.45, 2.75) is 13.3 Å². The Labute approximate surface area is 118 Å². The highest BCUT2D eigenvalue weighted by atomic mass is 16.5. The molecule has 0 heterocycles. The number of nitrogens with zero attached hydrogens (tertiary/aromatic N) is 1. The number of carboxylic acid groups (broad SMARTS) is 1. The first kappa shape index (κ1) is 15.8. The summed E-state index contributed by atoms with van der Waals surface area (Å²) in [4.78, 5) is 24.0. The number of nitrogens with one attached hydrogen (secondary N) is 1. The van der Waals surface area contributed by atoms with Crippen molar-refractivity contribution in [2.75, 3.05) is 25.6 Å². The van der Waals surface area contributed by atoms with Crippen molar-refractivity contribution in [3.05, 3.63) is 24.3 Å². The fourth-order valence-electron chi connectivity index (χ4n) is 1.69. The van der Waals surface area contributed by atoms with E-state index in [1.165, 1.54) is 4.90 Å². The Morgan fingerprint density at radius 1 is 1.45 bits per heavy atom. The highest BCUT2D eigenvalue weighted by molar-refractivity contribution is 5.91. The van der Waals surface area contributed by atoms with E-state index in [1.807, 2.05) is 0 Å². The molecule has 0 saturated heterocycles. The van der Waals surface area contributed by atoms with Gasteiger partial charge in [-0.25, -0.2) is 4.79 Å². The molecule has 0 bridgehead atoms. The highest BCUT2D eigenvalue weighted by Crippen LogP contribution is 2.19. The number of ether oxygens (including phenoxy) is 1. The molecular weight excluding hydrogens is 260 g/mol. The number of benzene rings is 1. The molecule has 1 aromatic carbocycles. The number of hydrogen-bond acceptors (Lipinski definition) is 3. The third kappa shape index (κ3) is 4.79. The molecule has 0 aromatic heterocycles. The van der Waals surface area contributed by atoms with Gasteiger partial charge in [0.2, 0.25) is 0 Å². The Bertz CT molecular complexity index is 476. The van der Waals surface area contributed by atoms with Gasteiger partial charge in [0.25, 0.3) is 0 Å². The maximum absolute atomic E-state index is 12.0. The molecule has 2 N–H and O–H groups in total. The monoisotopic (exact) mass is 280 g/mol. The number of carbonyl (C=O) groups is 2. The van der Waals surface area contributed by atoms with Crippen molar-refractivity contribution < 1.29 is 19.4 Å². The van der Waals surface area contributed by atoms with Gasteiger partial charge in [-0.15, -0.1) is 0 Å². The summed E-state index contributed by atoms with van der Waals surface area (Å²) in [6.45, 7) is 2.10. The van der Waals surface area contributed by atoms with E-state index in [9.17, 15) is 9.59 Å². The summed E-state index contributed by atoms with van der Waals surface area (Å²) >= 11 is 0. The van der Waals surface area contributed by atoms with Gasteiger partial charge in [-0.05, 0) is 18.1 Å². The SMILES string of the molecule is COc1cccc(N(C)C(=O)NCC(C)CC(=O)O)c1. The smallest absolute Gasteiger partial charge is 0.321 e. The highest BCUT2D eigenvalue weighted by Gasteiger charge is 2.13. The van der Waals surface area contributed by atoms with Gasteiger partial charge >= 0.3 is 12.0 Å². The number of anilines is 1. The van der Waals surface area contributed by atoms with Crippen LogP contribution in [0.2, 0.25) is 0 Å². The van der Waals surface area contributed by atoms with Crippen LogP contribution in [-0.4, -0.2) is 37.8 Å². The summed E-state index contributed by atoms with van der Waals surface area (Å²) in [5.74, 6) is -0.315. The van der Waals surface area contributed by atoms with Gasteiger partial charge in [0.15, 0.2) is 0 Å². The van der Waals surface area contributed by atoms with E-state index in [2.05, 4.69) is 5.32 Å². The number of rotatable bonds is 6. The molecule has 2 amide bonds. The van der Waals surface area contributed by atoms with Gasteiger partial charge in [-0.3, -0.25) is 9.69 Å². The molecule has 0 saturated carbocycles. The van der Waals surface area contributed by atoms with Crippen molar-refractivity contribution >= 4 is 17.7 Å². The lowest BCUT2D eigenvalue weighted by molar-refractivity contribution is -0.137. The molecule has 1 rings (SSSR count). The summed E-state index contributed by atoms with van der Waals surface area (Å²) < 4.78 is 5.10. The lowest BCUT2D eigenvalue weighted by atomic mass is 10.1. The Morgan fingerprint density at radius 3 is 2.75 bits per heavy atom. The van der Waals surface area contributed by atoms with E-state index >= 15 is 0 Å². The van der Waals surface area contributed by atoms with E-state index in [1.54, 1.807) is 45.3 Å². The fourth-order valence-corrected chi connectivity index (χ4v) is 1.69. The first-order valence-corrected chi connectivity index (χ1v) is 6.31. The van der Waals surface area contributed by atoms with Crippen molar-refractivity contribution in [1.29, 1.82) is 0 Å². The zero-order chi connectivity index (χ0) is 15.1. The van der Waals surface area contributed by atoms with Crippen LogP contribution in [0.15, 0.2) is 24.3 Å². The maximum Gasteiger partial charge on any atom is 0.321 e. The summed E-state index contributed by atoms with van der Waals surface area (Å²) in [6.07, 6.45) is 0.0309. The van der Waals surface area contributed by atoms with Gasteiger partial charge in [0, 0.05) is 31.8 Å². The molecule has 1 atom stereocenters. The number of urea groups is 1. The molecule has 6 heteroatoms. The van der Waals surface area contributed by atoms with E-state index in [0.29, 0.717) is 18.0 Å². The summed E-state index contributed by atoms with van der Waals surface area (Å²) in [5, 5.41) is 11.4. The quantitative estimate of drug-likeness (QED) is 0.834. The number of carbonyl (C=O) groups excluding carboxylic acids is 1. The molecule has 0 spiro atoms. The van der Waals surface area contributed by atoms with Crippen LogP contribution < -0.4 is 15.0 Å². The van der Waals surface area contributed by atoms with Crippen molar-refractivity contribution in [2.24, 2.45) is 5.92 Å². The minimum Gasteiger partial charge on any atom is -0.497 e. The van der Waals surface area contributed by atoms with Crippen molar-refractivity contribution in [1.82, 2.24) is 5.32 Å². The minimum atomic E-state index is -0.868. The van der Waals surface area contributed by atoms with Gasteiger partial charge < -0.3 is 15.2 Å². The number of amides is 2. The molecule has 0 aliphatic heterocycles. The Kier molecular flexibility index (Phi) is 5.83. The topological polar surface area (TPSA) is 78.9 Å². The molecule has 6 nitrogen and oxygen atoms in total. The predicted molar refractivity (Wildman–Crippen MR) is 76.2 cm³/mol. The number of methoxy groups -OCH3 is 1. The standard InChI is InChI=1S/C14H20N2O4/c1-10(7-13(17)18)9-15-14(19)16(2)11-5-4-6-12(8-11)20-3/h4-6,8,10H,7,9H2,1-3H3,(H,15,19)(H,17,18). The molecule has 0 aliphatic carbocycles. The summed E-state index contributed by atoms with van der Waals surface area (Å²) in [6, 6.07) is 6.86. The van der Waals surface area contributed by atoms with Crippen molar-refractivity contribution in [3.8, 4) is 5.75 Å². The largest absolute Gasteiger partial charge is 0.497 e. The van der Waals surface area contributed by atoms with Crippen LogP contribution in [0, 0.1) is 5.92 Å². The van der Waals surface area contributed by atoms with Gasteiger partial charge in [0.05, 0.1) is 7.11 Å². The third-order valence-electron chi connectivity index (χ3n) is 2.87. The molecule has 0 aliphatic rings. The minimum absolute atomic E-state index is 0.0309. The fraction of sp³-hybridized carbons (Fsp3) is 0.429. The third-order valence-corrected chi connectivity index (χ3v) is 2.87. The van der Waals surface area contributed by atoms with Crippen LogP contribution >= 0.6 is 0 Å². The van der Waals surface area contributed by atoms with Crippen LogP contribution in [0.5, 0.6) is 5.75 Å². The average Bonchev–Trinajstić information content (AvgIpc) is 2.43. The van der Waals surface area contributed by atoms with E-state index < -0.39 is 5.97 Å². The second kappa shape index (κ2) is 7.37. The van der Waals surface area contributed by atoms with E-state index in [-0.39, 0.29) is 18.4 Å². The Morgan fingerprint density at radius 2 is 2.15 bits per heavy atom. The predicted octanol–water partition coefficient (Wildman–Crippen LogP) is 1.95.